The largest absolute Gasteiger partial charge is 0.309 e. The molecule has 1 unspecified atom stereocenters. The lowest BCUT2D eigenvalue weighted by atomic mass is 9.97. The normalized spacial score (nSPS) is 13.0. The Morgan fingerprint density at radius 2 is 2.00 bits per heavy atom. The van der Waals surface area contributed by atoms with E-state index in [0.29, 0.717) is 6.04 Å². The molecular weight excluding hydrogens is 238 g/mol. The fourth-order valence-corrected chi connectivity index (χ4v) is 2.83. The van der Waals surface area contributed by atoms with E-state index in [2.05, 4.69) is 64.8 Å². The number of nitrogens with one attached hydrogen (secondary N) is 1. The minimum absolute atomic E-state index is 0.0953. The monoisotopic (exact) mass is 263 g/mol. The molecule has 1 rings (SSSR count). The van der Waals surface area contributed by atoms with Crippen LogP contribution >= 0.6 is 11.3 Å². The number of thiophene rings is 1. The molecule has 0 aliphatic heterocycles. The van der Waals surface area contributed by atoms with Gasteiger partial charge in [-0.3, -0.25) is 0 Å². The summed E-state index contributed by atoms with van der Waals surface area (Å²) in [5, 5.41) is 3.53. The summed E-state index contributed by atoms with van der Waals surface area (Å²) in [5.74, 6) is 6.65. The highest BCUT2D eigenvalue weighted by atomic mass is 32.1. The van der Waals surface area contributed by atoms with Crippen molar-refractivity contribution in [1.82, 2.24) is 5.32 Å². The van der Waals surface area contributed by atoms with Crippen LogP contribution in [-0.4, -0.2) is 6.54 Å². The Morgan fingerprint density at radius 3 is 2.44 bits per heavy atom. The molecule has 100 valence electrons. The lowest BCUT2D eigenvalue weighted by molar-refractivity contribution is 0.558. The van der Waals surface area contributed by atoms with Gasteiger partial charge in [0.25, 0.3) is 0 Å². The molecule has 1 aromatic heterocycles. The number of hydrogen-bond donors (Lipinski definition) is 1. The third-order valence-electron chi connectivity index (χ3n) is 2.75. The summed E-state index contributed by atoms with van der Waals surface area (Å²) in [6.45, 7) is 14.0. The molecule has 1 N–H and O–H groups in total. The maximum Gasteiger partial charge on any atom is 0.0525 e. The van der Waals surface area contributed by atoms with E-state index in [-0.39, 0.29) is 5.41 Å². The first-order valence-electron chi connectivity index (χ1n) is 6.64. The molecular formula is C16H25NS. The zero-order chi connectivity index (χ0) is 13.8. The maximum atomic E-state index is 3.53. The van der Waals surface area contributed by atoms with Crippen molar-refractivity contribution in [2.75, 3.05) is 6.54 Å². The average molecular weight is 263 g/mol. The Labute approximate surface area is 116 Å². The second-order valence-corrected chi connectivity index (χ2v) is 7.04. The molecule has 0 aliphatic carbocycles. The smallest absolute Gasteiger partial charge is 0.0525 e. The molecule has 0 amide bonds. The van der Waals surface area contributed by atoms with Crippen molar-refractivity contribution in [3.8, 4) is 11.8 Å². The van der Waals surface area contributed by atoms with Crippen LogP contribution in [0.1, 0.15) is 55.5 Å². The third kappa shape index (κ3) is 4.84. The first-order valence-corrected chi connectivity index (χ1v) is 7.45. The first-order chi connectivity index (χ1) is 8.33. The summed E-state index contributed by atoms with van der Waals surface area (Å²) < 4.78 is 0. The van der Waals surface area contributed by atoms with E-state index in [1.54, 1.807) is 0 Å². The molecule has 0 saturated carbocycles. The van der Waals surface area contributed by atoms with Crippen LogP contribution in [0.25, 0.3) is 0 Å². The Morgan fingerprint density at radius 1 is 1.33 bits per heavy atom. The Hall–Kier alpha value is -0.780. The molecule has 18 heavy (non-hydrogen) atoms. The minimum Gasteiger partial charge on any atom is -0.309 e. The van der Waals surface area contributed by atoms with Gasteiger partial charge in [-0.2, -0.15) is 0 Å². The molecule has 1 aromatic rings. The number of hydrogen-bond acceptors (Lipinski definition) is 2. The fraction of sp³-hybridized carbons (Fsp3) is 0.625. The van der Waals surface area contributed by atoms with Crippen molar-refractivity contribution < 1.29 is 0 Å². The zero-order valence-electron chi connectivity index (χ0n) is 12.5. The highest BCUT2D eigenvalue weighted by Gasteiger charge is 2.13. The second-order valence-electron chi connectivity index (χ2n) is 5.75. The summed E-state index contributed by atoms with van der Waals surface area (Å²) in [6.07, 6.45) is 0.893. The van der Waals surface area contributed by atoms with Crippen molar-refractivity contribution in [1.29, 1.82) is 0 Å². The molecule has 0 spiro atoms. The van der Waals surface area contributed by atoms with Crippen LogP contribution in [0, 0.1) is 31.1 Å². The van der Waals surface area contributed by atoms with Crippen LogP contribution in [0.4, 0.5) is 0 Å². The minimum atomic E-state index is 0.0953. The molecule has 0 bridgehead atoms. The van der Waals surface area contributed by atoms with E-state index in [4.69, 9.17) is 0 Å². The molecule has 0 aliphatic rings. The van der Waals surface area contributed by atoms with Gasteiger partial charge in [0.1, 0.15) is 0 Å². The standard InChI is InChI=1S/C16H25NS/c1-7-17-14(9-8-10-16(4,5)6)15-11-12(2)13(3)18-15/h11,14,17H,7,9H2,1-6H3. The second kappa shape index (κ2) is 6.41. The highest BCUT2D eigenvalue weighted by Crippen LogP contribution is 2.28. The van der Waals surface area contributed by atoms with Gasteiger partial charge in [0.2, 0.25) is 0 Å². The lowest BCUT2D eigenvalue weighted by Gasteiger charge is -2.14. The predicted octanol–water partition coefficient (Wildman–Crippen LogP) is 4.46. The molecule has 1 heterocycles. The summed E-state index contributed by atoms with van der Waals surface area (Å²) in [6, 6.07) is 2.67. The van der Waals surface area contributed by atoms with E-state index >= 15 is 0 Å². The van der Waals surface area contributed by atoms with Gasteiger partial charge in [-0.15, -0.1) is 17.3 Å². The quantitative estimate of drug-likeness (QED) is 0.791. The molecule has 0 saturated heterocycles. The van der Waals surface area contributed by atoms with Gasteiger partial charge in [-0.05, 0) is 52.8 Å². The van der Waals surface area contributed by atoms with E-state index in [1.807, 2.05) is 11.3 Å². The van der Waals surface area contributed by atoms with Crippen molar-refractivity contribution in [2.45, 2.75) is 54.0 Å². The third-order valence-corrected chi connectivity index (χ3v) is 4.01. The van der Waals surface area contributed by atoms with Crippen LogP contribution in [0.2, 0.25) is 0 Å². The first kappa shape index (κ1) is 15.3. The van der Waals surface area contributed by atoms with Crippen molar-refractivity contribution in [2.24, 2.45) is 5.41 Å². The lowest BCUT2D eigenvalue weighted by Crippen LogP contribution is -2.19. The van der Waals surface area contributed by atoms with Gasteiger partial charge in [-0.25, -0.2) is 0 Å². The average Bonchev–Trinajstić information content (AvgIpc) is 2.56. The number of aryl methyl sites for hydroxylation is 2. The van der Waals surface area contributed by atoms with E-state index in [9.17, 15) is 0 Å². The van der Waals surface area contributed by atoms with Crippen LogP contribution in [-0.2, 0) is 0 Å². The molecule has 1 atom stereocenters. The Kier molecular flexibility index (Phi) is 5.44. The molecule has 1 nitrogen and oxygen atoms in total. The van der Waals surface area contributed by atoms with Crippen molar-refractivity contribution in [3.63, 3.8) is 0 Å². The fourth-order valence-electron chi connectivity index (χ4n) is 1.71. The van der Waals surface area contributed by atoms with E-state index in [0.717, 1.165) is 13.0 Å². The van der Waals surface area contributed by atoms with Gasteiger partial charge < -0.3 is 5.32 Å². The van der Waals surface area contributed by atoms with Gasteiger partial charge in [-0.1, -0.05) is 12.8 Å². The maximum absolute atomic E-state index is 3.53. The summed E-state index contributed by atoms with van der Waals surface area (Å²) in [7, 11) is 0. The summed E-state index contributed by atoms with van der Waals surface area (Å²) in [5.41, 5.74) is 1.49. The SMILES string of the molecule is CCNC(CC#CC(C)(C)C)c1cc(C)c(C)s1. The molecule has 2 heteroatoms. The van der Waals surface area contributed by atoms with Crippen molar-refractivity contribution >= 4 is 11.3 Å². The highest BCUT2D eigenvalue weighted by molar-refractivity contribution is 7.12. The van der Waals surface area contributed by atoms with Crippen LogP contribution < -0.4 is 5.32 Å². The van der Waals surface area contributed by atoms with Gasteiger partial charge in [0.15, 0.2) is 0 Å². The number of rotatable bonds is 4. The summed E-state index contributed by atoms with van der Waals surface area (Å²) >= 11 is 1.89. The van der Waals surface area contributed by atoms with Crippen molar-refractivity contribution in [3.05, 3.63) is 21.4 Å². The van der Waals surface area contributed by atoms with Crippen LogP contribution in [0.3, 0.4) is 0 Å². The van der Waals surface area contributed by atoms with Crippen LogP contribution in [0.5, 0.6) is 0 Å². The topological polar surface area (TPSA) is 12.0 Å². The molecule has 0 fully saturated rings. The molecule has 0 aromatic carbocycles. The van der Waals surface area contributed by atoms with Gasteiger partial charge in [0.05, 0.1) is 6.04 Å². The Bertz CT molecular complexity index is 420. The molecule has 0 radical (unpaired) electrons. The van der Waals surface area contributed by atoms with Gasteiger partial charge >= 0.3 is 0 Å². The van der Waals surface area contributed by atoms with Crippen LogP contribution in [0.15, 0.2) is 6.07 Å². The zero-order valence-corrected chi connectivity index (χ0v) is 13.3. The summed E-state index contributed by atoms with van der Waals surface area (Å²) in [4.78, 5) is 2.83. The van der Waals surface area contributed by atoms with Gasteiger partial charge in [0, 0.05) is 21.6 Å². The predicted molar refractivity (Wildman–Crippen MR) is 82.1 cm³/mol. The Balaban J connectivity index is 2.79. The van der Waals surface area contributed by atoms with E-state index in [1.165, 1.54) is 15.3 Å². The van der Waals surface area contributed by atoms with E-state index < -0.39 is 0 Å².